The van der Waals surface area contributed by atoms with E-state index in [0.717, 1.165) is 5.56 Å². The summed E-state index contributed by atoms with van der Waals surface area (Å²) in [6.07, 6.45) is 1.06. The number of aromatic nitrogens is 1. The SMILES string of the molecule is Cc1ccc(CCC(=O)NCCOC(=O)c2csc(COc3ccc(Cl)cc3)n2)cc1. The second kappa shape index (κ2) is 11.5. The molecule has 0 aliphatic carbocycles. The molecule has 1 amide bonds. The molecule has 31 heavy (non-hydrogen) atoms. The largest absolute Gasteiger partial charge is 0.486 e. The highest BCUT2D eigenvalue weighted by atomic mass is 35.5. The normalized spacial score (nSPS) is 10.5. The maximum absolute atomic E-state index is 12.1. The molecule has 6 nitrogen and oxygen atoms in total. The van der Waals surface area contributed by atoms with E-state index in [1.54, 1.807) is 29.6 Å². The van der Waals surface area contributed by atoms with Gasteiger partial charge in [0.05, 0.1) is 6.54 Å². The molecule has 8 heteroatoms. The molecule has 0 aliphatic rings. The lowest BCUT2D eigenvalue weighted by molar-refractivity contribution is -0.121. The Labute approximate surface area is 190 Å². The molecule has 0 aliphatic heterocycles. The highest BCUT2D eigenvalue weighted by Crippen LogP contribution is 2.18. The predicted octanol–water partition coefficient (Wildman–Crippen LogP) is 4.59. The molecule has 3 aromatic rings. The quantitative estimate of drug-likeness (QED) is 0.355. The molecule has 0 saturated carbocycles. The summed E-state index contributed by atoms with van der Waals surface area (Å²) in [5, 5.41) is 5.68. The van der Waals surface area contributed by atoms with Crippen LogP contribution in [0, 0.1) is 6.92 Å². The van der Waals surface area contributed by atoms with Crippen LogP contribution in [0.2, 0.25) is 5.02 Å². The summed E-state index contributed by atoms with van der Waals surface area (Å²) in [6, 6.07) is 15.1. The van der Waals surface area contributed by atoms with Crippen LogP contribution in [0.15, 0.2) is 53.9 Å². The number of nitrogens with one attached hydrogen (secondary N) is 1. The molecule has 1 N–H and O–H groups in total. The average molecular weight is 459 g/mol. The van der Waals surface area contributed by atoms with E-state index in [9.17, 15) is 9.59 Å². The van der Waals surface area contributed by atoms with Gasteiger partial charge < -0.3 is 14.8 Å². The summed E-state index contributed by atoms with van der Waals surface area (Å²) < 4.78 is 10.8. The lowest BCUT2D eigenvalue weighted by Gasteiger charge is -2.06. The van der Waals surface area contributed by atoms with Crippen molar-refractivity contribution in [1.82, 2.24) is 10.3 Å². The van der Waals surface area contributed by atoms with E-state index in [4.69, 9.17) is 21.1 Å². The monoisotopic (exact) mass is 458 g/mol. The highest BCUT2D eigenvalue weighted by molar-refractivity contribution is 7.09. The zero-order valence-corrected chi connectivity index (χ0v) is 18.7. The van der Waals surface area contributed by atoms with Crippen molar-refractivity contribution in [3.8, 4) is 5.75 Å². The van der Waals surface area contributed by atoms with E-state index in [2.05, 4.69) is 10.3 Å². The molecular weight excluding hydrogens is 436 g/mol. The molecule has 0 fully saturated rings. The predicted molar refractivity (Wildman–Crippen MR) is 121 cm³/mol. The number of thiazole rings is 1. The van der Waals surface area contributed by atoms with Gasteiger partial charge in [0.15, 0.2) is 5.69 Å². The van der Waals surface area contributed by atoms with Gasteiger partial charge in [0.2, 0.25) is 5.91 Å². The number of esters is 1. The van der Waals surface area contributed by atoms with Gasteiger partial charge in [-0.15, -0.1) is 11.3 Å². The molecule has 1 heterocycles. The molecule has 0 bridgehead atoms. The topological polar surface area (TPSA) is 77.5 Å². The Hall–Kier alpha value is -2.90. The van der Waals surface area contributed by atoms with Gasteiger partial charge >= 0.3 is 5.97 Å². The van der Waals surface area contributed by atoms with Crippen LogP contribution in [0.25, 0.3) is 0 Å². The number of hydrogen-bond donors (Lipinski definition) is 1. The Bertz CT molecular complexity index is 1000. The number of rotatable bonds is 10. The number of benzene rings is 2. The third kappa shape index (κ3) is 7.70. The minimum atomic E-state index is -0.525. The lowest BCUT2D eigenvalue weighted by atomic mass is 10.1. The molecule has 0 unspecified atom stereocenters. The van der Waals surface area contributed by atoms with Gasteiger partial charge in [-0.1, -0.05) is 41.4 Å². The summed E-state index contributed by atoms with van der Waals surface area (Å²) in [5.74, 6) is 0.0664. The van der Waals surface area contributed by atoms with E-state index in [1.165, 1.54) is 16.9 Å². The van der Waals surface area contributed by atoms with Crippen LogP contribution in [0.4, 0.5) is 0 Å². The number of nitrogens with zero attached hydrogens (tertiary/aromatic N) is 1. The second-order valence-corrected chi connectivity index (χ2v) is 8.22. The van der Waals surface area contributed by atoms with Crippen LogP contribution >= 0.6 is 22.9 Å². The maximum atomic E-state index is 12.1. The lowest BCUT2D eigenvalue weighted by Crippen LogP contribution is -2.28. The van der Waals surface area contributed by atoms with Crippen molar-refractivity contribution in [3.05, 3.63) is 80.8 Å². The molecule has 0 spiro atoms. The Morgan fingerprint density at radius 2 is 1.84 bits per heavy atom. The van der Waals surface area contributed by atoms with Crippen molar-refractivity contribution < 1.29 is 19.1 Å². The van der Waals surface area contributed by atoms with Gasteiger partial charge in [0, 0.05) is 16.8 Å². The second-order valence-electron chi connectivity index (χ2n) is 6.84. The molecule has 3 rings (SSSR count). The number of carbonyl (C=O) groups is 2. The zero-order chi connectivity index (χ0) is 22.1. The summed E-state index contributed by atoms with van der Waals surface area (Å²) in [7, 11) is 0. The summed E-state index contributed by atoms with van der Waals surface area (Å²) in [4.78, 5) is 28.3. The molecule has 0 radical (unpaired) electrons. The van der Waals surface area contributed by atoms with Crippen LogP contribution in [0.5, 0.6) is 5.75 Å². The van der Waals surface area contributed by atoms with E-state index in [0.29, 0.717) is 28.6 Å². The Balaban J connectivity index is 1.32. The third-order valence-corrected chi connectivity index (χ3v) is 5.43. The van der Waals surface area contributed by atoms with E-state index in [-0.39, 0.29) is 31.4 Å². The van der Waals surface area contributed by atoms with Crippen molar-refractivity contribution in [2.45, 2.75) is 26.4 Å². The van der Waals surface area contributed by atoms with Crippen molar-refractivity contribution >= 4 is 34.8 Å². The Kier molecular flexibility index (Phi) is 8.44. The fourth-order valence-corrected chi connectivity index (χ4v) is 3.46. The fourth-order valence-electron chi connectivity index (χ4n) is 2.66. The van der Waals surface area contributed by atoms with Crippen molar-refractivity contribution in [2.75, 3.05) is 13.2 Å². The van der Waals surface area contributed by atoms with Gasteiger partial charge in [-0.3, -0.25) is 4.79 Å². The first-order valence-electron chi connectivity index (χ1n) is 9.82. The van der Waals surface area contributed by atoms with Crippen LogP contribution in [-0.2, 0) is 22.6 Å². The first-order valence-corrected chi connectivity index (χ1v) is 11.1. The smallest absolute Gasteiger partial charge is 0.357 e. The van der Waals surface area contributed by atoms with Gasteiger partial charge in [-0.25, -0.2) is 9.78 Å². The number of amides is 1. The molecule has 1 aromatic heterocycles. The summed E-state index contributed by atoms with van der Waals surface area (Å²) in [6.45, 7) is 2.62. The summed E-state index contributed by atoms with van der Waals surface area (Å²) >= 11 is 7.16. The molecule has 0 saturated heterocycles. The number of ether oxygens (including phenoxy) is 2. The molecular formula is C23H23ClN2O4S. The Morgan fingerprint density at radius 3 is 2.58 bits per heavy atom. The average Bonchev–Trinajstić information content (AvgIpc) is 3.25. The van der Waals surface area contributed by atoms with Crippen LogP contribution in [0.3, 0.4) is 0 Å². The highest BCUT2D eigenvalue weighted by Gasteiger charge is 2.13. The first kappa shape index (κ1) is 22.8. The van der Waals surface area contributed by atoms with E-state index < -0.39 is 5.97 Å². The van der Waals surface area contributed by atoms with Crippen LogP contribution in [0.1, 0.15) is 33.0 Å². The zero-order valence-electron chi connectivity index (χ0n) is 17.1. The molecule has 162 valence electrons. The van der Waals surface area contributed by atoms with Crippen molar-refractivity contribution in [2.24, 2.45) is 0 Å². The van der Waals surface area contributed by atoms with Crippen molar-refractivity contribution in [1.29, 1.82) is 0 Å². The van der Waals surface area contributed by atoms with Gasteiger partial charge in [0.25, 0.3) is 0 Å². The van der Waals surface area contributed by atoms with E-state index >= 15 is 0 Å². The van der Waals surface area contributed by atoms with Crippen LogP contribution < -0.4 is 10.1 Å². The van der Waals surface area contributed by atoms with Gasteiger partial charge in [-0.05, 0) is 43.2 Å². The maximum Gasteiger partial charge on any atom is 0.357 e. The van der Waals surface area contributed by atoms with Crippen LogP contribution in [-0.4, -0.2) is 30.0 Å². The van der Waals surface area contributed by atoms with E-state index in [1.807, 2.05) is 31.2 Å². The number of aryl methyl sites for hydroxylation is 2. The van der Waals surface area contributed by atoms with Crippen molar-refractivity contribution in [3.63, 3.8) is 0 Å². The minimum Gasteiger partial charge on any atom is -0.486 e. The number of hydrogen-bond acceptors (Lipinski definition) is 6. The minimum absolute atomic E-state index is 0.0769. The van der Waals surface area contributed by atoms with Gasteiger partial charge in [-0.2, -0.15) is 0 Å². The molecule has 0 atom stereocenters. The molecule has 2 aromatic carbocycles. The summed E-state index contributed by atoms with van der Waals surface area (Å²) in [5.41, 5.74) is 2.54. The third-order valence-electron chi connectivity index (χ3n) is 4.36. The first-order chi connectivity index (χ1) is 15.0. The number of carbonyl (C=O) groups excluding carboxylic acids is 2. The van der Waals surface area contributed by atoms with Gasteiger partial charge in [0.1, 0.15) is 24.0 Å². The Morgan fingerprint density at radius 1 is 1.10 bits per heavy atom. The number of halogens is 1. The standard InChI is InChI=1S/C23H23ClN2O4S/c1-16-2-4-17(5-3-16)6-11-21(27)25-12-13-29-23(28)20-15-31-22(26-20)14-30-19-9-7-18(24)8-10-19/h2-5,7-10,15H,6,11-14H2,1H3,(H,25,27). The fraction of sp³-hybridized carbons (Fsp3) is 0.261.